The van der Waals surface area contributed by atoms with Crippen LogP contribution in [0, 0.1) is 0 Å². The number of carbonyl (C=O) groups is 1. The van der Waals surface area contributed by atoms with Gasteiger partial charge in [0.2, 0.25) is 15.9 Å². The first-order valence-corrected chi connectivity index (χ1v) is 9.30. The number of nitrogens with one attached hydrogen (secondary N) is 3. The van der Waals surface area contributed by atoms with Gasteiger partial charge in [-0.25, -0.2) is 8.42 Å². The van der Waals surface area contributed by atoms with Crippen molar-refractivity contribution >= 4 is 27.3 Å². The van der Waals surface area contributed by atoms with E-state index in [1.54, 1.807) is 24.3 Å². The predicted molar refractivity (Wildman–Crippen MR) is 88.4 cm³/mol. The molecule has 1 aromatic carbocycles. The summed E-state index contributed by atoms with van der Waals surface area (Å²) in [5.74, 6) is 0.0535. The second-order valence-corrected chi connectivity index (χ2v) is 7.33. The summed E-state index contributed by atoms with van der Waals surface area (Å²) in [6, 6.07) is 6.56. The summed E-state index contributed by atoms with van der Waals surface area (Å²) < 4.78 is 25.9. The van der Waals surface area contributed by atoms with Crippen LogP contribution in [0.25, 0.3) is 0 Å². The van der Waals surface area contributed by atoms with Gasteiger partial charge < -0.3 is 10.6 Å². The van der Waals surface area contributed by atoms with Crippen molar-refractivity contribution < 1.29 is 13.2 Å². The lowest BCUT2D eigenvalue weighted by Gasteiger charge is -2.22. The highest BCUT2D eigenvalue weighted by Crippen LogP contribution is 2.16. The third-order valence-corrected chi connectivity index (χ3v) is 5.02. The molecule has 1 amide bonds. The van der Waals surface area contributed by atoms with Gasteiger partial charge in [-0.05, 0) is 50.1 Å². The van der Waals surface area contributed by atoms with Crippen molar-refractivity contribution in [3.63, 3.8) is 0 Å². The quantitative estimate of drug-likeness (QED) is 0.746. The molecule has 1 aliphatic rings. The van der Waals surface area contributed by atoms with E-state index in [4.69, 9.17) is 0 Å². The summed E-state index contributed by atoms with van der Waals surface area (Å²) in [4.78, 5) is 12.1. The van der Waals surface area contributed by atoms with E-state index in [-0.39, 0.29) is 17.7 Å². The molecule has 0 radical (unpaired) electrons. The molecule has 7 heteroatoms. The average molecular weight is 325 g/mol. The Labute approximate surface area is 131 Å². The number of rotatable bonds is 6. The fourth-order valence-electron chi connectivity index (χ4n) is 2.43. The fourth-order valence-corrected chi connectivity index (χ4v) is 3.56. The van der Waals surface area contributed by atoms with E-state index in [0.717, 1.165) is 25.8 Å². The van der Waals surface area contributed by atoms with Gasteiger partial charge in [0.25, 0.3) is 0 Å². The molecule has 0 aliphatic carbocycles. The molecule has 0 spiro atoms. The summed E-state index contributed by atoms with van der Waals surface area (Å²) in [6.07, 6.45) is 3.58. The van der Waals surface area contributed by atoms with Crippen LogP contribution in [0.1, 0.15) is 32.6 Å². The summed E-state index contributed by atoms with van der Waals surface area (Å²) in [7, 11) is -3.29. The fraction of sp³-hybridized carbons (Fsp3) is 0.533. The third-order valence-electron chi connectivity index (χ3n) is 3.53. The Bertz CT molecular complexity index is 593. The van der Waals surface area contributed by atoms with Crippen LogP contribution < -0.4 is 15.4 Å². The highest BCUT2D eigenvalue weighted by Gasteiger charge is 2.20. The van der Waals surface area contributed by atoms with Crippen molar-refractivity contribution in [3.05, 3.63) is 24.3 Å². The van der Waals surface area contributed by atoms with Crippen LogP contribution in [0.4, 0.5) is 11.4 Å². The highest BCUT2D eigenvalue weighted by molar-refractivity contribution is 7.92. The van der Waals surface area contributed by atoms with E-state index in [0.29, 0.717) is 17.8 Å². The van der Waals surface area contributed by atoms with Crippen LogP contribution in [-0.4, -0.2) is 32.7 Å². The minimum Gasteiger partial charge on any atom is -0.325 e. The molecule has 1 atom stereocenters. The number of anilines is 2. The van der Waals surface area contributed by atoms with Crippen LogP contribution in [0.15, 0.2) is 24.3 Å². The highest BCUT2D eigenvalue weighted by atomic mass is 32.2. The van der Waals surface area contributed by atoms with E-state index in [9.17, 15) is 13.2 Å². The van der Waals surface area contributed by atoms with Gasteiger partial charge in [0.1, 0.15) is 0 Å². The van der Waals surface area contributed by atoms with Crippen LogP contribution in [0.3, 0.4) is 0 Å². The maximum absolute atomic E-state index is 12.1. The van der Waals surface area contributed by atoms with Crippen molar-refractivity contribution in [2.75, 3.05) is 22.3 Å². The van der Waals surface area contributed by atoms with Gasteiger partial charge in [0.05, 0.1) is 11.8 Å². The van der Waals surface area contributed by atoms with Crippen LogP contribution in [0.5, 0.6) is 0 Å². The number of benzene rings is 1. The molecule has 1 aliphatic heterocycles. The second kappa shape index (κ2) is 7.60. The summed E-state index contributed by atoms with van der Waals surface area (Å²) >= 11 is 0. The van der Waals surface area contributed by atoms with Crippen molar-refractivity contribution in [2.24, 2.45) is 0 Å². The molecule has 1 unspecified atom stereocenters. The molecular weight excluding hydrogens is 302 g/mol. The lowest BCUT2D eigenvalue weighted by molar-refractivity contribution is -0.118. The number of carbonyl (C=O) groups excluding carboxylic acids is 1. The monoisotopic (exact) mass is 325 g/mol. The smallest absolute Gasteiger partial charge is 0.241 e. The van der Waals surface area contributed by atoms with E-state index in [2.05, 4.69) is 15.4 Å². The zero-order valence-corrected chi connectivity index (χ0v) is 13.6. The van der Waals surface area contributed by atoms with Gasteiger partial charge in [-0.1, -0.05) is 13.3 Å². The summed E-state index contributed by atoms with van der Waals surface area (Å²) in [5, 5.41) is 6.04. The molecular formula is C15H23N3O3S. The third kappa shape index (κ3) is 4.99. The molecule has 1 aromatic rings. The van der Waals surface area contributed by atoms with E-state index >= 15 is 0 Å². The molecule has 1 fully saturated rings. The zero-order chi connectivity index (χ0) is 16.0. The van der Waals surface area contributed by atoms with Gasteiger partial charge >= 0.3 is 0 Å². The Morgan fingerprint density at radius 2 is 1.91 bits per heavy atom. The van der Waals surface area contributed by atoms with Crippen molar-refractivity contribution in [3.8, 4) is 0 Å². The molecule has 2 rings (SSSR count). The van der Waals surface area contributed by atoms with E-state index in [1.807, 2.05) is 6.92 Å². The first-order valence-electron chi connectivity index (χ1n) is 7.65. The lowest BCUT2D eigenvalue weighted by Crippen LogP contribution is -2.43. The molecule has 6 nitrogen and oxygen atoms in total. The average Bonchev–Trinajstić information content (AvgIpc) is 2.49. The maximum Gasteiger partial charge on any atom is 0.241 e. The lowest BCUT2D eigenvalue weighted by atomic mass is 10.0. The number of sulfonamides is 1. The van der Waals surface area contributed by atoms with E-state index in [1.165, 1.54) is 0 Å². The summed E-state index contributed by atoms with van der Waals surface area (Å²) in [6.45, 7) is 2.69. The Balaban J connectivity index is 1.92. The van der Waals surface area contributed by atoms with Gasteiger partial charge in [-0.3, -0.25) is 9.52 Å². The van der Waals surface area contributed by atoms with Gasteiger partial charge in [-0.2, -0.15) is 0 Å². The standard InChI is InChI=1S/C15H23N3O3S/c1-2-11-22(20,21)18-13-8-6-12(7-9-13)17-15(19)14-5-3-4-10-16-14/h6-9,14,16,18H,2-5,10-11H2,1H3,(H,17,19). The Morgan fingerprint density at radius 1 is 1.23 bits per heavy atom. The molecule has 3 N–H and O–H groups in total. The first-order chi connectivity index (χ1) is 10.5. The largest absolute Gasteiger partial charge is 0.325 e. The van der Waals surface area contributed by atoms with Crippen molar-refractivity contribution in [1.29, 1.82) is 0 Å². The SMILES string of the molecule is CCCS(=O)(=O)Nc1ccc(NC(=O)C2CCCCN2)cc1. The molecule has 22 heavy (non-hydrogen) atoms. The zero-order valence-electron chi connectivity index (χ0n) is 12.8. The van der Waals surface area contributed by atoms with Crippen LogP contribution in [-0.2, 0) is 14.8 Å². The molecule has 122 valence electrons. The molecule has 1 saturated heterocycles. The molecule has 0 aromatic heterocycles. The maximum atomic E-state index is 12.1. The van der Waals surface area contributed by atoms with Crippen LogP contribution in [0.2, 0.25) is 0 Å². The number of hydrogen-bond acceptors (Lipinski definition) is 4. The Morgan fingerprint density at radius 3 is 2.50 bits per heavy atom. The molecule has 0 saturated carbocycles. The Kier molecular flexibility index (Phi) is 5.79. The second-order valence-electron chi connectivity index (χ2n) is 5.49. The van der Waals surface area contributed by atoms with E-state index < -0.39 is 10.0 Å². The minimum absolute atomic E-state index is 0.0426. The number of piperidine rings is 1. The molecule has 1 heterocycles. The Hall–Kier alpha value is -1.60. The topological polar surface area (TPSA) is 87.3 Å². The first kappa shape index (κ1) is 16.8. The van der Waals surface area contributed by atoms with Gasteiger partial charge in [0, 0.05) is 11.4 Å². The van der Waals surface area contributed by atoms with Crippen LogP contribution >= 0.6 is 0 Å². The van der Waals surface area contributed by atoms with Crippen molar-refractivity contribution in [2.45, 2.75) is 38.6 Å². The number of amides is 1. The summed E-state index contributed by atoms with van der Waals surface area (Å²) in [5.41, 5.74) is 1.16. The predicted octanol–water partition coefficient (Wildman–Crippen LogP) is 1.92. The number of hydrogen-bond donors (Lipinski definition) is 3. The van der Waals surface area contributed by atoms with Crippen molar-refractivity contribution in [1.82, 2.24) is 5.32 Å². The minimum atomic E-state index is -3.29. The van der Waals surface area contributed by atoms with Gasteiger partial charge in [-0.15, -0.1) is 0 Å². The normalized spacial score (nSPS) is 18.7. The van der Waals surface area contributed by atoms with Gasteiger partial charge in [0.15, 0.2) is 0 Å². The molecule has 0 bridgehead atoms.